The smallest absolute Gasteiger partial charge is 0.178 e. The quantitative estimate of drug-likeness (QED) is 0.559. The summed E-state index contributed by atoms with van der Waals surface area (Å²) in [5, 5.41) is 8.98. The molecule has 0 fully saturated rings. The lowest BCUT2D eigenvalue weighted by atomic mass is 9.86. The Kier molecular flexibility index (Phi) is 3.63. The molecule has 0 spiro atoms. The molecule has 82 valence electrons. The summed E-state index contributed by atoms with van der Waals surface area (Å²) >= 11 is 0. The average Bonchev–Trinajstić information content (AvgIpc) is 2.25. The molecule has 2 nitrogen and oxygen atoms in total. The fourth-order valence-electron chi connectivity index (χ4n) is 1.27. The van der Waals surface area contributed by atoms with E-state index in [0.717, 1.165) is 5.56 Å². The van der Waals surface area contributed by atoms with E-state index in [1.165, 1.54) is 0 Å². The van der Waals surface area contributed by atoms with Crippen molar-refractivity contribution in [2.75, 3.05) is 0 Å². The molecular weight excluding hydrogens is 198 g/mol. The number of hydrogen-bond acceptors (Lipinski definition) is 2. The summed E-state index contributed by atoms with van der Waals surface area (Å²) in [5.74, 6) is -0.126. The summed E-state index contributed by atoms with van der Waals surface area (Å²) in [7, 11) is 0. The molecular formula is C14H15NO. The van der Waals surface area contributed by atoms with Crippen molar-refractivity contribution in [2.45, 2.75) is 20.8 Å². The number of nitriles is 1. The molecule has 0 radical (unpaired) electrons. The number of ketones is 1. The molecule has 0 aromatic heterocycles. The molecule has 0 saturated carbocycles. The second kappa shape index (κ2) is 4.76. The molecule has 0 unspecified atom stereocenters. The average molecular weight is 213 g/mol. The van der Waals surface area contributed by atoms with Crippen LogP contribution in [0.4, 0.5) is 0 Å². The van der Waals surface area contributed by atoms with Crippen LogP contribution in [-0.2, 0) is 4.79 Å². The van der Waals surface area contributed by atoms with Crippen molar-refractivity contribution in [3.8, 4) is 6.07 Å². The molecule has 2 heteroatoms. The van der Waals surface area contributed by atoms with E-state index in [1.807, 2.05) is 57.2 Å². The predicted molar refractivity (Wildman–Crippen MR) is 64.5 cm³/mol. The van der Waals surface area contributed by atoms with Gasteiger partial charge in [-0.05, 0) is 11.6 Å². The van der Waals surface area contributed by atoms with Crippen LogP contribution >= 0.6 is 0 Å². The lowest BCUT2D eigenvalue weighted by Gasteiger charge is -2.15. The van der Waals surface area contributed by atoms with Gasteiger partial charge in [0.25, 0.3) is 0 Å². The minimum atomic E-state index is -0.518. The zero-order valence-electron chi connectivity index (χ0n) is 9.82. The molecule has 0 aliphatic heterocycles. The van der Waals surface area contributed by atoms with E-state index in [4.69, 9.17) is 5.26 Å². The van der Waals surface area contributed by atoms with Gasteiger partial charge in [-0.15, -0.1) is 0 Å². The maximum absolute atomic E-state index is 11.9. The van der Waals surface area contributed by atoms with Crippen LogP contribution in [0, 0.1) is 16.7 Å². The lowest BCUT2D eigenvalue weighted by molar-refractivity contribution is -0.121. The number of rotatable bonds is 2. The standard InChI is InChI=1S/C14H15NO/c1-14(2,3)13(16)12(10-15)9-11-7-5-4-6-8-11/h4-9H,1-3H3/b12-9+. The molecule has 1 aromatic carbocycles. The number of hydrogen-bond donors (Lipinski definition) is 0. The zero-order valence-corrected chi connectivity index (χ0v) is 9.82. The first-order chi connectivity index (χ1) is 7.45. The van der Waals surface area contributed by atoms with Gasteiger partial charge >= 0.3 is 0 Å². The lowest BCUT2D eigenvalue weighted by Crippen LogP contribution is -2.21. The van der Waals surface area contributed by atoms with Crippen LogP contribution in [0.5, 0.6) is 0 Å². The number of nitrogens with zero attached hydrogens (tertiary/aromatic N) is 1. The third kappa shape index (κ3) is 3.06. The van der Waals surface area contributed by atoms with Crippen molar-refractivity contribution in [1.29, 1.82) is 5.26 Å². The van der Waals surface area contributed by atoms with Crippen LogP contribution in [-0.4, -0.2) is 5.78 Å². The summed E-state index contributed by atoms with van der Waals surface area (Å²) in [6, 6.07) is 11.4. The van der Waals surface area contributed by atoms with Crippen LogP contribution in [0.3, 0.4) is 0 Å². The highest BCUT2D eigenvalue weighted by Crippen LogP contribution is 2.21. The Morgan fingerprint density at radius 3 is 2.25 bits per heavy atom. The third-order valence-corrected chi connectivity index (χ3v) is 2.16. The third-order valence-electron chi connectivity index (χ3n) is 2.16. The Morgan fingerprint density at radius 2 is 1.81 bits per heavy atom. The predicted octanol–water partition coefficient (Wildman–Crippen LogP) is 3.21. The molecule has 0 saturated heterocycles. The van der Waals surface area contributed by atoms with E-state index in [9.17, 15) is 4.79 Å². The topological polar surface area (TPSA) is 40.9 Å². The van der Waals surface area contributed by atoms with E-state index < -0.39 is 5.41 Å². The Morgan fingerprint density at radius 1 is 1.25 bits per heavy atom. The van der Waals surface area contributed by atoms with Gasteiger partial charge in [-0.25, -0.2) is 0 Å². The van der Waals surface area contributed by atoms with E-state index in [0.29, 0.717) is 0 Å². The summed E-state index contributed by atoms with van der Waals surface area (Å²) in [6.07, 6.45) is 1.63. The summed E-state index contributed by atoms with van der Waals surface area (Å²) < 4.78 is 0. The second-order valence-corrected chi connectivity index (χ2v) is 4.66. The van der Waals surface area contributed by atoms with Gasteiger partial charge in [-0.3, -0.25) is 4.79 Å². The molecule has 0 amide bonds. The summed E-state index contributed by atoms with van der Waals surface area (Å²) in [4.78, 5) is 11.9. The summed E-state index contributed by atoms with van der Waals surface area (Å²) in [5.41, 5.74) is 0.562. The van der Waals surface area contributed by atoms with Crippen molar-refractivity contribution in [3.05, 3.63) is 41.5 Å². The van der Waals surface area contributed by atoms with Crippen LogP contribution in [0.25, 0.3) is 6.08 Å². The molecule has 0 bridgehead atoms. The van der Waals surface area contributed by atoms with E-state index in [1.54, 1.807) is 6.08 Å². The van der Waals surface area contributed by atoms with Crippen molar-refractivity contribution in [3.63, 3.8) is 0 Å². The Bertz CT molecular complexity index is 444. The Hall–Kier alpha value is -1.88. The Labute approximate surface area is 96.2 Å². The first-order valence-electron chi connectivity index (χ1n) is 5.17. The van der Waals surface area contributed by atoms with Crippen LogP contribution in [0.2, 0.25) is 0 Å². The maximum Gasteiger partial charge on any atom is 0.178 e. The van der Waals surface area contributed by atoms with E-state index in [-0.39, 0.29) is 11.4 Å². The largest absolute Gasteiger partial charge is 0.293 e. The van der Waals surface area contributed by atoms with Crippen LogP contribution < -0.4 is 0 Å². The highest BCUT2D eigenvalue weighted by molar-refractivity contribution is 6.06. The van der Waals surface area contributed by atoms with Gasteiger partial charge in [0.2, 0.25) is 0 Å². The Balaban J connectivity index is 3.06. The number of carbonyl (C=O) groups is 1. The zero-order chi connectivity index (χ0) is 12.2. The number of Topliss-reactive ketones (excluding diaryl/α,β-unsaturated/α-hetero) is 1. The van der Waals surface area contributed by atoms with E-state index in [2.05, 4.69) is 0 Å². The van der Waals surface area contributed by atoms with Gasteiger partial charge in [0.15, 0.2) is 5.78 Å². The maximum atomic E-state index is 11.9. The first kappa shape index (κ1) is 12.2. The molecule has 16 heavy (non-hydrogen) atoms. The van der Waals surface area contributed by atoms with Crippen molar-refractivity contribution in [1.82, 2.24) is 0 Å². The molecule has 1 rings (SSSR count). The van der Waals surface area contributed by atoms with Crippen LogP contribution in [0.1, 0.15) is 26.3 Å². The normalized spacial score (nSPS) is 12.0. The van der Waals surface area contributed by atoms with Gasteiger partial charge in [0.05, 0.1) is 5.57 Å². The molecule has 0 atom stereocenters. The van der Waals surface area contributed by atoms with Gasteiger partial charge < -0.3 is 0 Å². The molecule has 0 N–H and O–H groups in total. The SMILES string of the molecule is CC(C)(C)C(=O)/C(C#N)=C/c1ccccc1. The molecule has 0 heterocycles. The van der Waals surface area contributed by atoms with Crippen molar-refractivity contribution in [2.24, 2.45) is 5.41 Å². The van der Waals surface area contributed by atoms with Crippen molar-refractivity contribution < 1.29 is 4.79 Å². The highest BCUT2D eigenvalue weighted by atomic mass is 16.1. The van der Waals surface area contributed by atoms with Gasteiger partial charge in [0.1, 0.15) is 6.07 Å². The minimum absolute atomic E-state index is 0.126. The molecule has 0 aliphatic rings. The second-order valence-electron chi connectivity index (χ2n) is 4.66. The fourth-order valence-corrected chi connectivity index (χ4v) is 1.27. The van der Waals surface area contributed by atoms with Gasteiger partial charge in [0, 0.05) is 5.41 Å². The fraction of sp³-hybridized carbons (Fsp3) is 0.286. The van der Waals surface area contributed by atoms with E-state index >= 15 is 0 Å². The summed E-state index contributed by atoms with van der Waals surface area (Å²) in [6.45, 7) is 5.43. The van der Waals surface area contributed by atoms with Gasteiger partial charge in [-0.2, -0.15) is 5.26 Å². The van der Waals surface area contributed by atoms with Crippen molar-refractivity contribution >= 4 is 11.9 Å². The first-order valence-corrected chi connectivity index (χ1v) is 5.17. The highest BCUT2D eigenvalue weighted by Gasteiger charge is 2.24. The van der Waals surface area contributed by atoms with Crippen LogP contribution in [0.15, 0.2) is 35.9 Å². The number of allylic oxidation sites excluding steroid dienone is 1. The van der Waals surface area contributed by atoms with Gasteiger partial charge in [-0.1, -0.05) is 51.1 Å². The molecule has 1 aromatic rings. The number of benzene rings is 1. The number of carbonyl (C=O) groups excluding carboxylic acids is 1. The monoisotopic (exact) mass is 213 g/mol. The molecule has 0 aliphatic carbocycles. The minimum Gasteiger partial charge on any atom is -0.293 e.